The summed E-state index contributed by atoms with van der Waals surface area (Å²) in [6, 6.07) is 5.30. The zero-order chi connectivity index (χ0) is 20.6. The Bertz CT molecular complexity index is 1000. The molecule has 0 radical (unpaired) electrons. The topological polar surface area (TPSA) is 90.7 Å². The Morgan fingerprint density at radius 1 is 1.24 bits per heavy atom. The highest BCUT2D eigenvalue weighted by molar-refractivity contribution is 7.92. The van der Waals surface area contributed by atoms with Crippen molar-refractivity contribution in [1.29, 1.82) is 0 Å². The first-order chi connectivity index (χ1) is 13.7. The van der Waals surface area contributed by atoms with E-state index in [0.717, 1.165) is 12.4 Å². The number of ether oxygens (including phenoxy) is 2. The summed E-state index contributed by atoms with van der Waals surface area (Å²) >= 11 is 0. The molecule has 0 saturated carbocycles. The van der Waals surface area contributed by atoms with Crippen LogP contribution < -0.4 is 4.74 Å². The Kier molecular flexibility index (Phi) is 5.03. The van der Waals surface area contributed by atoms with Crippen molar-refractivity contribution in [1.82, 2.24) is 14.7 Å². The van der Waals surface area contributed by atoms with Crippen molar-refractivity contribution in [3.63, 3.8) is 0 Å². The van der Waals surface area contributed by atoms with Crippen molar-refractivity contribution in [3.8, 4) is 5.75 Å². The largest absolute Gasteiger partial charge is 0.484 e. The molecule has 1 spiro atoms. The van der Waals surface area contributed by atoms with Gasteiger partial charge in [0.1, 0.15) is 22.4 Å². The standard InChI is InChI=1S/C18H19F2N3O5S/c19-13-1-3-15(4-2-13)27-9-17(24)22-10-18(11-22)12-29(25,26)16(8-28-18)7-23-6-14(20)5-21-23/h1-6,16H,7-12H2/t16-/m0/s1. The fourth-order valence-corrected chi connectivity index (χ4v) is 5.38. The van der Waals surface area contributed by atoms with Crippen LogP contribution in [-0.2, 0) is 25.9 Å². The molecule has 0 N–H and O–H groups in total. The van der Waals surface area contributed by atoms with Gasteiger partial charge in [-0.3, -0.25) is 9.48 Å². The number of likely N-dealkylation sites (tertiary alicyclic amines) is 1. The fraction of sp³-hybridized carbons (Fsp3) is 0.444. The lowest BCUT2D eigenvalue weighted by Crippen LogP contribution is -2.71. The summed E-state index contributed by atoms with van der Waals surface area (Å²) in [7, 11) is -3.50. The van der Waals surface area contributed by atoms with Crippen LogP contribution in [0, 0.1) is 11.6 Å². The number of benzene rings is 1. The van der Waals surface area contributed by atoms with Crippen LogP contribution >= 0.6 is 0 Å². The first-order valence-corrected chi connectivity index (χ1v) is 10.7. The Morgan fingerprint density at radius 3 is 2.59 bits per heavy atom. The van der Waals surface area contributed by atoms with E-state index >= 15 is 0 Å². The normalized spacial score (nSPS) is 22.3. The van der Waals surface area contributed by atoms with Gasteiger partial charge in [-0.2, -0.15) is 5.10 Å². The van der Waals surface area contributed by atoms with Crippen LogP contribution in [-0.4, -0.2) is 71.9 Å². The number of halogens is 2. The maximum absolute atomic E-state index is 13.0. The number of carbonyl (C=O) groups is 1. The molecule has 4 rings (SSSR count). The van der Waals surface area contributed by atoms with Crippen LogP contribution in [0.4, 0.5) is 8.78 Å². The van der Waals surface area contributed by atoms with Gasteiger partial charge in [-0.1, -0.05) is 0 Å². The molecule has 2 aliphatic heterocycles. The van der Waals surface area contributed by atoms with Crippen LogP contribution in [0.2, 0.25) is 0 Å². The monoisotopic (exact) mass is 427 g/mol. The molecule has 1 aromatic carbocycles. The molecule has 1 aromatic heterocycles. The molecule has 2 aromatic rings. The first-order valence-electron chi connectivity index (χ1n) is 8.94. The molecule has 29 heavy (non-hydrogen) atoms. The quantitative estimate of drug-likeness (QED) is 0.696. The van der Waals surface area contributed by atoms with Crippen molar-refractivity contribution in [3.05, 3.63) is 48.3 Å². The molecule has 0 aliphatic carbocycles. The minimum Gasteiger partial charge on any atom is -0.484 e. The second-order valence-electron chi connectivity index (χ2n) is 7.30. The molecule has 0 unspecified atom stereocenters. The molecule has 2 aliphatic rings. The van der Waals surface area contributed by atoms with Gasteiger partial charge >= 0.3 is 0 Å². The number of hydrogen-bond donors (Lipinski definition) is 0. The van der Waals surface area contributed by atoms with E-state index < -0.39 is 32.3 Å². The Morgan fingerprint density at radius 2 is 1.97 bits per heavy atom. The second-order valence-corrected chi connectivity index (χ2v) is 9.58. The number of nitrogens with zero attached hydrogens (tertiary/aromatic N) is 3. The van der Waals surface area contributed by atoms with E-state index in [1.54, 1.807) is 0 Å². The highest BCUT2D eigenvalue weighted by atomic mass is 32.2. The number of carbonyl (C=O) groups excluding carboxylic acids is 1. The number of hydrogen-bond acceptors (Lipinski definition) is 6. The zero-order valence-electron chi connectivity index (χ0n) is 15.3. The van der Waals surface area contributed by atoms with E-state index in [1.165, 1.54) is 33.8 Å². The molecule has 3 heterocycles. The second kappa shape index (κ2) is 7.38. The Labute approximate surface area is 165 Å². The van der Waals surface area contributed by atoms with Gasteiger partial charge in [-0.15, -0.1) is 0 Å². The summed E-state index contributed by atoms with van der Waals surface area (Å²) in [6.45, 7) is 0.0400. The van der Waals surface area contributed by atoms with Gasteiger partial charge in [0.15, 0.2) is 22.3 Å². The van der Waals surface area contributed by atoms with Crippen LogP contribution in [0.1, 0.15) is 0 Å². The van der Waals surface area contributed by atoms with Crippen LogP contribution in [0.15, 0.2) is 36.7 Å². The van der Waals surface area contributed by atoms with Gasteiger partial charge in [0.25, 0.3) is 5.91 Å². The van der Waals surface area contributed by atoms with Crippen molar-refractivity contribution in [2.24, 2.45) is 0 Å². The Hall–Kier alpha value is -2.53. The van der Waals surface area contributed by atoms with Crippen LogP contribution in [0.5, 0.6) is 5.75 Å². The number of sulfone groups is 1. The lowest BCUT2D eigenvalue weighted by molar-refractivity contribution is -0.167. The van der Waals surface area contributed by atoms with Gasteiger partial charge in [-0.25, -0.2) is 17.2 Å². The third-order valence-corrected chi connectivity index (χ3v) is 7.26. The highest BCUT2D eigenvalue weighted by Crippen LogP contribution is 2.33. The van der Waals surface area contributed by atoms with Gasteiger partial charge in [0.2, 0.25) is 0 Å². The third kappa shape index (κ3) is 4.25. The van der Waals surface area contributed by atoms with E-state index in [1.807, 2.05) is 0 Å². The van der Waals surface area contributed by atoms with Crippen molar-refractivity contribution < 1.29 is 31.5 Å². The molecular weight excluding hydrogens is 408 g/mol. The number of amides is 1. The predicted molar refractivity (Wildman–Crippen MR) is 96.9 cm³/mol. The van der Waals surface area contributed by atoms with Gasteiger partial charge < -0.3 is 14.4 Å². The average Bonchev–Trinajstić information content (AvgIpc) is 3.05. The fourth-order valence-electron chi connectivity index (χ4n) is 3.49. The van der Waals surface area contributed by atoms with Gasteiger partial charge in [0, 0.05) is 0 Å². The minimum atomic E-state index is -3.50. The number of rotatable bonds is 5. The van der Waals surface area contributed by atoms with Crippen molar-refractivity contribution in [2.75, 3.05) is 32.1 Å². The molecule has 2 fully saturated rings. The molecule has 2 saturated heterocycles. The number of aromatic nitrogens is 2. The summed E-state index contributed by atoms with van der Waals surface area (Å²) < 4.78 is 63.6. The lowest BCUT2D eigenvalue weighted by Gasteiger charge is -2.52. The minimum absolute atomic E-state index is 0.0104. The summed E-state index contributed by atoms with van der Waals surface area (Å²) in [5.74, 6) is -1.09. The summed E-state index contributed by atoms with van der Waals surface area (Å²) in [5.41, 5.74) is -0.920. The van der Waals surface area contributed by atoms with Crippen molar-refractivity contribution >= 4 is 15.7 Å². The molecule has 1 atom stereocenters. The molecule has 8 nitrogen and oxygen atoms in total. The molecule has 156 valence electrons. The zero-order valence-corrected chi connectivity index (χ0v) is 16.1. The first kappa shape index (κ1) is 19.8. The molecule has 1 amide bonds. The van der Waals surface area contributed by atoms with E-state index in [0.29, 0.717) is 5.75 Å². The smallest absolute Gasteiger partial charge is 0.260 e. The maximum atomic E-state index is 13.0. The maximum Gasteiger partial charge on any atom is 0.260 e. The van der Waals surface area contributed by atoms with E-state index in [9.17, 15) is 22.0 Å². The van der Waals surface area contributed by atoms with Gasteiger partial charge in [0.05, 0.1) is 44.4 Å². The van der Waals surface area contributed by atoms with E-state index in [2.05, 4.69) is 5.10 Å². The van der Waals surface area contributed by atoms with E-state index in [4.69, 9.17) is 9.47 Å². The average molecular weight is 427 g/mol. The summed E-state index contributed by atoms with van der Waals surface area (Å²) in [4.78, 5) is 13.7. The third-order valence-electron chi connectivity index (χ3n) is 5.03. The Balaban J connectivity index is 1.29. The van der Waals surface area contributed by atoms with Gasteiger partial charge in [-0.05, 0) is 24.3 Å². The summed E-state index contributed by atoms with van der Waals surface area (Å²) in [5, 5.41) is 2.95. The molecule has 11 heteroatoms. The van der Waals surface area contributed by atoms with Crippen LogP contribution in [0.3, 0.4) is 0 Å². The molecular formula is C18H19F2N3O5S. The van der Waals surface area contributed by atoms with Crippen LogP contribution in [0.25, 0.3) is 0 Å². The SMILES string of the molecule is O=C(COc1ccc(F)cc1)N1CC2(C1)CS(=O)(=O)[C@@H](Cn1cc(F)cn1)CO2. The van der Waals surface area contributed by atoms with Crippen molar-refractivity contribution in [2.45, 2.75) is 17.4 Å². The summed E-state index contributed by atoms with van der Waals surface area (Å²) in [6.07, 6.45) is 2.14. The lowest BCUT2D eigenvalue weighted by atomic mass is 9.95. The molecule has 0 bridgehead atoms. The van der Waals surface area contributed by atoms with E-state index in [-0.39, 0.29) is 44.5 Å². The predicted octanol–water partition coefficient (Wildman–Crippen LogP) is 0.635. The highest BCUT2D eigenvalue weighted by Gasteiger charge is 2.53.